The van der Waals surface area contributed by atoms with Gasteiger partial charge in [0.1, 0.15) is 0 Å². The van der Waals surface area contributed by atoms with Gasteiger partial charge in [-0.25, -0.2) is 0 Å². The van der Waals surface area contributed by atoms with Crippen molar-refractivity contribution in [2.45, 2.75) is 43.4 Å². The van der Waals surface area contributed by atoms with Crippen molar-refractivity contribution in [3.8, 4) is 0 Å². The molecule has 0 aliphatic carbocycles. The molecule has 0 amide bonds. The van der Waals surface area contributed by atoms with Crippen molar-refractivity contribution < 1.29 is 4.52 Å². The number of hydrogen-bond donors (Lipinski definition) is 1. The van der Waals surface area contributed by atoms with Crippen LogP contribution in [0.1, 0.15) is 32.0 Å². The predicted octanol–water partition coefficient (Wildman–Crippen LogP) is 4.06. The van der Waals surface area contributed by atoms with Crippen molar-refractivity contribution in [2.24, 2.45) is 0 Å². The highest BCUT2D eigenvalue weighted by molar-refractivity contribution is 9.10. The number of benzene rings is 1. The molecule has 1 aromatic heterocycles. The Labute approximate surface area is 138 Å². The minimum Gasteiger partial charge on any atom is -0.339 e. The number of nitrogens with zero attached hydrogens (tertiary/aromatic N) is 2. The van der Waals surface area contributed by atoms with E-state index >= 15 is 0 Å². The van der Waals surface area contributed by atoms with Crippen molar-refractivity contribution in [1.82, 2.24) is 15.5 Å². The molecule has 1 N–H and O–H groups in total. The van der Waals surface area contributed by atoms with E-state index < -0.39 is 0 Å². The molecule has 2 aromatic rings. The van der Waals surface area contributed by atoms with Gasteiger partial charge in [-0.05, 0) is 44.2 Å². The first-order valence-electron chi connectivity index (χ1n) is 7.10. The zero-order chi connectivity index (χ0) is 15.1. The molecule has 0 aliphatic rings. The smallest absolute Gasteiger partial charge is 0.228 e. The normalized spacial score (nSPS) is 12.5. The fourth-order valence-corrected chi connectivity index (χ4v) is 2.84. The molecule has 0 saturated heterocycles. The van der Waals surface area contributed by atoms with Gasteiger partial charge in [0.15, 0.2) is 5.82 Å². The van der Waals surface area contributed by atoms with Crippen molar-refractivity contribution in [3.05, 3.63) is 40.5 Å². The van der Waals surface area contributed by atoms with Crippen LogP contribution in [0.3, 0.4) is 0 Å². The van der Waals surface area contributed by atoms with Crippen LogP contribution in [-0.4, -0.2) is 22.7 Å². The number of hydrogen-bond acceptors (Lipinski definition) is 5. The fourth-order valence-electron chi connectivity index (χ4n) is 1.84. The molecule has 4 nitrogen and oxygen atoms in total. The average molecular weight is 370 g/mol. The van der Waals surface area contributed by atoms with Gasteiger partial charge >= 0.3 is 0 Å². The molecule has 1 atom stereocenters. The third kappa shape index (κ3) is 5.80. The van der Waals surface area contributed by atoms with Crippen LogP contribution in [0, 0.1) is 0 Å². The van der Waals surface area contributed by atoms with Crippen LogP contribution in [0.4, 0.5) is 0 Å². The van der Waals surface area contributed by atoms with Crippen LogP contribution in [0.25, 0.3) is 0 Å². The van der Waals surface area contributed by atoms with E-state index in [1.807, 2.05) is 12.1 Å². The van der Waals surface area contributed by atoms with Gasteiger partial charge in [-0.3, -0.25) is 0 Å². The molecule has 114 valence electrons. The first kappa shape index (κ1) is 16.5. The molecule has 0 saturated carbocycles. The molecule has 0 radical (unpaired) electrons. The summed E-state index contributed by atoms with van der Waals surface area (Å²) in [6.45, 7) is 5.31. The highest BCUT2D eigenvalue weighted by Gasteiger charge is 2.10. The van der Waals surface area contributed by atoms with Gasteiger partial charge in [0.25, 0.3) is 0 Å². The van der Waals surface area contributed by atoms with Crippen LogP contribution in [0.2, 0.25) is 0 Å². The lowest BCUT2D eigenvalue weighted by Gasteiger charge is -2.09. The summed E-state index contributed by atoms with van der Waals surface area (Å²) < 4.78 is 6.39. The fraction of sp³-hybridized carbons (Fsp3) is 0.467. The zero-order valence-corrected chi connectivity index (χ0v) is 14.7. The minimum atomic E-state index is 0.359. The van der Waals surface area contributed by atoms with E-state index in [1.54, 1.807) is 11.8 Å². The summed E-state index contributed by atoms with van der Waals surface area (Å²) in [6, 6.07) is 8.58. The van der Waals surface area contributed by atoms with Crippen molar-refractivity contribution in [1.29, 1.82) is 0 Å². The molecule has 0 spiro atoms. The lowest BCUT2D eigenvalue weighted by Crippen LogP contribution is -2.28. The third-order valence-electron chi connectivity index (χ3n) is 2.92. The predicted molar refractivity (Wildman–Crippen MR) is 89.5 cm³/mol. The molecule has 0 fully saturated rings. The summed E-state index contributed by atoms with van der Waals surface area (Å²) in [4.78, 5) is 5.64. The molecule has 2 rings (SSSR count). The van der Waals surface area contributed by atoms with Crippen LogP contribution >= 0.6 is 27.7 Å². The molecule has 1 heterocycles. The number of nitrogens with one attached hydrogen (secondary N) is 1. The van der Waals surface area contributed by atoms with E-state index in [4.69, 9.17) is 4.52 Å². The second kappa shape index (κ2) is 8.56. The van der Waals surface area contributed by atoms with E-state index in [0.717, 1.165) is 35.4 Å². The molecule has 0 aliphatic heterocycles. The van der Waals surface area contributed by atoms with Gasteiger partial charge in [0.2, 0.25) is 5.89 Å². The third-order valence-corrected chi connectivity index (χ3v) is 4.45. The maximum Gasteiger partial charge on any atom is 0.228 e. The van der Waals surface area contributed by atoms with Gasteiger partial charge in [-0.15, -0.1) is 11.8 Å². The Morgan fingerprint density at radius 3 is 2.81 bits per heavy atom. The largest absolute Gasteiger partial charge is 0.339 e. The topological polar surface area (TPSA) is 51.0 Å². The summed E-state index contributed by atoms with van der Waals surface area (Å²) >= 11 is 5.14. The van der Waals surface area contributed by atoms with Crippen LogP contribution in [0.15, 0.2) is 38.2 Å². The maximum atomic E-state index is 5.30. The van der Waals surface area contributed by atoms with Crippen LogP contribution < -0.4 is 5.32 Å². The lowest BCUT2D eigenvalue weighted by atomic mass is 10.2. The Kier molecular flexibility index (Phi) is 6.73. The molecule has 0 bridgehead atoms. The molecular formula is C15H20BrN3OS. The van der Waals surface area contributed by atoms with Gasteiger partial charge in [0.05, 0.1) is 5.75 Å². The monoisotopic (exact) mass is 369 g/mol. The first-order chi connectivity index (χ1) is 10.2. The van der Waals surface area contributed by atoms with Gasteiger partial charge < -0.3 is 9.84 Å². The van der Waals surface area contributed by atoms with Crippen molar-refractivity contribution >= 4 is 27.7 Å². The van der Waals surface area contributed by atoms with Crippen LogP contribution in [0.5, 0.6) is 0 Å². The summed E-state index contributed by atoms with van der Waals surface area (Å²) in [7, 11) is 0. The highest BCUT2D eigenvalue weighted by atomic mass is 79.9. The number of rotatable bonds is 8. The van der Waals surface area contributed by atoms with Gasteiger partial charge in [-0.2, -0.15) is 4.98 Å². The van der Waals surface area contributed by atoms with E-state index in [2.05, 4.69) is 57.4 Å². The number of thioether (sulfide) groups is 1. The highest BCUT2D eigenvalue weighted by Crippen LogP contribution is 2.23. The maximum absolute atomic E-state index is 5.30. The molecular weight excluding hydrogens is 350 g/mol. The lowest BCUT2D eigenvalue weighted by molar-refractivity contribution is 0.358. The first-order valence-corrected chi connectivity index (χ1v) is 8.88. The second-order valence-corrected chi connectivity index (χ2v) is 6.87. The standard InChI is InChI=1S/C15H20BrN3OS/c1-3-8-17-11(2)9-15-18-14(19-20-15)10-21-13-6-4-12(16)5-7-13/h4-7,11,17H,3,8-10H2,1-2H3. The van der Waals surface area contributed by atoms with Gasteiger partial charge in [-0.1, -0.05) is 28.0 Å². The number of aromatic nitrogens is 2. The summed E-state index contributed by atoms with van der Waals surface area (Å²) in [5, 5.41) is 7.45. The molecule has 1 unspecified atom stereocenters. The quantitative estimate of drug-likeness (QED) is 0.711. The Balaban J connectivity index is 1.81. The van der Waals surface area contributed by atoms with Crippen LogP contribution in [-0.2, 0) is 12.2 Å². The van der Waals surface area contributed by atoms with E-state index in [9.17, 15) is 0 Å². The van der Waals surface area contributed by atoms with Gasteiger partial charge in [0, 0.05) is 21.8 Å². The van der Waals surface area contributed by atoms with E-state index in [0.29, 0.717) is 11.9 Å². The van der Waals surface area contributed by atoms with Crippen molar-refractivity contribution in [2.75, 3.05) is 6.54 Å². The molecule has 1 aromatic carbocycles. The average Bonchev–Trinajstić information content (AvgIpc) is 2.92. The zero-order valence-electron chi connectivity index (χ0n) is 12.3. The second-order valence-electron chi connectivity index (χ2n) is 4.91. The summed E-state index contributed by atoms with van der Waals surface area (Å²) in [5.41, 5.74) is 0. The summed E-state index contributed by atoms with van der Waals surface area (Å²) in [6.07, 6.45) is 1.90. The Morgan fingerprint density at radius 1 is 1.33 bits per heavy atom. The minimum absolute atomic E-state index is 0.359. The summed E-state index contributed by atoms with van der Waals surface area (Å²) in [5.74, 6) is 2.18. The van der Waals surface area contributed by atoms with E-state index in [-0.39, 0.29) is 0 Å². The van der Waals surface area contributed by atoms with E-state index in [1.165, 1.54) is 4.90 Å². The number of halogens is 1. The molecule has 6 heteroatoms. The SMILES string of the molecule is CCCNC(C)Cc1nc(CSc2ccc(Br)cc2)no1. The Hall–Kier alpha value is -0.850. The Bertz CT molecular complexity index is 544. The molecule has 21 heavy (non-hydrogen) atoms. The van der Waals surface area contributed by atoms with Crippen molar-refractivity contribution in [3.63, 3.8) is 0 Å². The Morgan fingerprint density at radius 2 is 2.10 bits per heavy atom.